The number of nitrogens with one attached hydrogen (secondary N) is 3. The van der Waals surface area contributed by atoms with Crippen LogP contribution in [-0.2, 0) is 4.79 Å². The number of benzene rings is 1. The minimum Gasteiger partial charge on any atom is -0.489 e. The fourth-order valence-corrected chi connectivity index (χ4v) is 2.16. The van der Waals surface area contributed by atoms with Gasteiger partial charge < -0.3 is 20.7 Å². The van der Waals surface area contributed by atoms with Crippen molar-refractivity contribution in [1.29, 1.82) is 0 Å². The van der Waals surface area contributed by atoms with E-state index in [1.807, 2.05) is 34.6 Å². The van der Waals surface area contributed by atoms with Gasteiger partial charge in [0.05, 0.1) is 6.54 Å². The molecule has 0 heterocycles. The van der Waals surface area contributed by atoms with Gasteiger partial charge in [0.25, 0.3) is 0 Å². The monoisotopic (exact) mass is 366 g/mol. The Kier molecular flexibility index (Phi) is 8.88. The van der Waals surface area contributed by atoms with Gasteiger partial charge in [-0.1, -0.05) is 13.0 Å². The molecule has 1 unspecified atom stereocenters. The molecule has 146 valence electrons. The molecule has 6 nitrogen and oxygen atoms in total. The lowest BCUT2D eigenvalue weighted by molar-refractivity contribution is -0.121. The van der Waals surface area contributed by atoms with Gasteiger partial charge in [0.2, 0.25) is 5.91 Å². The van der Waals surface area contributed by atoms with Crippen molar-refractivity contribution >= 4 is 11.9 Å². The van der Waals surface area contributed by atoms with E-state index >= 15 is 0 Å². The highest BCUT2D eigenvalue weighted by Gasteiger charge is 2.14. The van der Waals surface area contributed by atoms with E-state index in [1.54, 1.807) is 12.1 Å². The minimum atomic E-state index is -0.329. The Morgan fingerprint density at radius 2 is 2.00 bits per heavy atom. The van der Waals surface area contributed by atoms with Gasteiger partial charge in [-0.15, -0.1) is 0 Å². The van der Waals surface area contributed by atoms with Crippen molar-refractivity contribution in [3.05, 3.63) is 30.1 Å². The van der Waals surface area contributed by atoms with Crippen LogP contribution in [0.5, 0.6) is 5.75 Å². The topological polar surface area (TPSA) is 74.8 Å². The van der Waals surface area contributed by atoms with Crippen LogP contribution in [0, 0.1) is 5.82 Å². The van der Waals surface area contributed by atoms with Crippen LogP contribution >= 0.6 is 0 Å². The molecule has 0 aromatic heterocycles. The molecular formula is C19H31FN4O2. The molecule has 0 spiro atoms. The van der Waals surface area contributed by atoms with Gasteiger partial charge in [-0.05, 0) is 46.2 Å². The lowest BCUT2D eigenvalue weighted by Gasteiger charge is -2.21. The third kappa shape index (κ3) is 9.25. The minimum absolute atomic E-state index is 0.0359. The van der Waals surface area contributed by atoms with E-state index in [9.17, 15) is 9.18 Å². The normalized spacial score (nSPS) is 13.1. The fourth-order valence-electron chi connectivity index (χ4n) is 2.16. The number of rotatable bonds is 8. The highest BCUT2D eigenvalue weighted by molar-refractivity contribution is 5.85. The third-order valence-electron chi connectivity index (χ3n) is 3.29. The van der Waals surface area contributed by atoms with Crippen LogP contribution in [-0.4, -0.2) is 43.1 Å². The smallest absolute Gasteiger partial charge is 0.242 e. The van der Waals surface area contributed by atoms with E-state index in [4.69, 9.17) is 4.74 Å². The molecule has 0 aliphatic heterocycles. The largest absolute Gasteiger partial charge is 0.489 e. The molecule has 0 saturated carbocycles. The zero-order valence-corrected chi connectivity index (χ0v) is 16.4. The van der Waals surface area contributed by atoms with Crippen LogP contribution in [0.1, 0.15) is 41.0 Å². The number of carbonyl (C=O) groups excluding carboxylic acids is 1. The molecule has 1 atom stereocenters. The van der Waals surface area contributed by atoms with E-state index < -0.39 is 0 Å². The highest BCUT2D eigenvalue weighted by atomic mass is 19.1. The van der Waals surface area contributed by atoms with E-state index in [-0.39, 0.29) is 29.9 Å². The lowest BCUT2D eigenvalue weighted by atomic mass is 10.1. The second-order valence-electron chi connectivity index (χ2n) is 6.98. The summed E-state index contributed by atoms with van der Waals surface area (Å²) in [5.41, 5.74) is -0.287. The molecule has 0 radical (unpaired) electrons. The molecule has 0 fully saturated rings. The third-order valence-corrected chi connectivity index (χ3v) is 3.29. The quantitative estimate of drug-likeness (QED) is 0.488. The van der Waals surface area contributed by atoms with Gasteiger partial charge >= 0.3 is 0 Å². The van der Waals surface area contributed by atoms with E-state index in [1.165, 1.54) is 12.1 Å². The predicted molar refractivity (Wildman–Crippen MR) is 103 cm³/mol. The number of carbonyl (C=O) groups is 1. The number of nitrogens with zero attached hydrogens (tertiary/aromatic N) is 1. The zero-order chi connectivity index (χ0) is 19.6. The standard InChI is InChI=1S/C19H31FN4O2/c1-6-15(26-16-10-8-9-14(20)11-16)12-22-18(21-7-2)23-13-17(25)24-19(3,4)5/h8-11,15H,6-7,12-13H2,1-5H3,(H,24,25)(H2,21,22,23). The highest BCUT2D eigenvalue weighted by Crippen LogP contribution is 2.14. The molecule has 26 heavy (non-hydrogen) atoms. The maximum absolute atomic E-state index is 13.3. The summed E-state index contributed by atoms with van der Waals surface area (Å²) < 4.78 is 19.1. The van der Waals surface area contributed by atoms with Gasteiger partial charge in [0.1, 0.15) is 24.2 Å². The molecular weight excluding hydrogens is 335 g/mol. The molecule has 7 heteroatoms. The van der Waals surface area contributed by atoms with Crippen molar-refractivity contribution in [2.75, 3.05) is 19.6 Å². The number of hydrogen-bond acceptors (Lipinski definition) is 3. The van der Waals surface area contributed by atoms with Crippen LogP contribution in [0.15, 0.2) is 29.3 Å². The van der Waals surface area contributed by atoms with Crippen LogP contribution in [0.4, 0.5) is 4.39 Å². The summed E-state index contributed by atoms with van der Waals surface area (Å²) in [6.45, 7) is 10.9. The Morgan fingerprint density at radius 3 is 2.58 bits per heavy atom. The Balaban J connectivity index is 2.59. The van der Waals surface area contributed by atoms with Crippen LogP contribution in [0.25, 0.3) is 0 Å². The van der Waals surface area contributed by atoms with Gasteiger partial charge in [0.15, 0.2) is 5.96 Å². The Bertz CT molecular complexity index is 599. The predicted octanol–water partition coefficient (Wildman–Crippen LogP) is 2.45. The molecule has 1 amide bonds. The molecule has 0 aliphatic rings. The van der Waals surface area contributed by atoms with Crippen LogP contribution in [0.2, 0.25) is 0 Å². The number of halogens is 1. The first-order valence-electron chi connectivity index (χ1n) is 8.99. The number of hydrogen-bond donors (Lipinski definition) is 3. The average Bonchev–Trinajstić information content (AvgIpc) is 2.54. The molecule has 0 saturated heterocycles. The van der Waals surface area contributed by atoms with Crippen molar-refractivity contribution in [3.63, 3.8) is 0 Å². The first-order chi connectivity index (χ1) is 12.2. The first-order valence-corrected chi connectivity index (χ1v) is 8.99. The number of ether oxygens (including phenoxy) is 1. The van der Waals surface area contributed by atoms with Crippen molar-refractivity contribution in [2.24, 2.45) is 4.99 Å². The SMILES string of the molecule is CCNC(=NCC(=O)NC(C)(C)C)NCC(CC)Oc1cccc(F)c1. The van der Waals surface area contributed by atoms with Gasteiger partial charge in [-0.25, -0.2) is 9.38 Å². The number of amides is 1. The molecule has 3 N–H and O–H groups in total. The Labute approximate surface area is 155 Å². The summed E-state index contributed by atoms with van der Waals surface area (Å²) in [5.74, 6) is 0.561. The number of guanidine groups is 1. The summed E-state index contributed by atoms with van der Waals surface area (Å²) in [5, 5.41) is 9.13. The van der Waals surface area contributed by atoms with Crippen molar-refractivity contribution < 1.29 is 13.9 Å². The Hall–Kier alpha value is -2.31. The summed E-state index contributed by atoms with van der Waals surface area (Å²) in [4.78, 5) is 16.2. The van der Waals surface area contributed by atoms with Crippen molar-refractivity contribution in [1.82, 2.24) is 16.0 Å². The Morgan fingerprint density at radius 1 is 1.27 bits per heavy atom. The zero-order valence-electron chi connectivity index (χ0n) is 16.4. The molecule has 0 bridgehead atoms. The first kappa shape index (κ1) is 21.7. The van der Waals surface area contributed by atoms with Gasteiger partial charge in [-0.2, -0.15) is 0 Å². The summed E-state index contributed by atoms with van der Waals surface area (Å²) in [6.07, 6.45) is 0.594. The number of aliphatic imine (C=N–C) groups is 1. The maximum Gasteiger partial charge on any atom is 0.242 e. The second kappa shape index (κ2) is 10.6. The van der Waals surface area contributed by atoms with E-state index in [0.717, 1.165) is 6.42 Å². The van der Waals surface area contributed by atoms with Crippen LogP contribution < -0.4 is 20.7 Å². The summed E-state index contributed by atoms with van der Waals surface area (Å²) >= 11 is 0. The van der Waals surface area contributed by atoms with E-state index in [0.29, 0.717) is 24.8 Å². The van der Waals surface area contributed by atoms with Crippen LogP contribution in [0.3, 0.4) is 0 Å². The van der Waals surface area contributed by atoms with Crippen molar-refractivity contribution in [2.45, 2.75) is 52.7 Å². The molecule has 0 aliphatic carbocycles. The second-order valence-corrected chi connectivity index (χ2v) is 6.98. The fraction of sp³-hybridized carbons (Fsp3) is 0.579. The summed E-state index contributed by atoms with van der Waals surface area (Å²) in [7, 11) is 0. The average molecular weight is 366 g/mol. The maximum atomic E-state index is 13.3. The van der Waals surface area contributed by atoms with Gasteiger partial charge in [-0.3, -0.25) is 4.79 Å². The van der Waals surface area contributed by atoms with E-state index in [2.05, 4.69) is 20.9 Å². The summed E-state index contributed by atoms with van der Waals surface area (Å²) in [6, 6.07) is 6.08. The molecule has 1 rings (SSSR count). The lowest BCUT2D eigenvalue weighted by Crippen LogP contribution is -2.44. The molecule has 1 aromatic carbocycles. The van der Waals surface area contributed by atoms with Gasteiger partial charge in [0, 0.05) is 18.2 Å². The molecule has 1 aromatic rings. The van der Waals surface area contributed by atoms with Crippen molar-refractivity contribution in [3.8, 4) is 5.75 Å².